The second kappa shape index (κ2) is 10.1. The maximum atomic E-state index is 12.9. The first-order valence-corrected chi connectivity index (χ1v) is 10.5. The molecule has 0 bridgehead atoms. The van der Waals surface area contributed by atoms with E-state index in [1.165, 1.54) is 22.5 Å². The van der Waals surface area contributed by atoms with Crippen molar-refractivity contribution in [2.45, 2.75) is 31.1 Å². The molecule has 26 heavy (non-hydrogen) atoms. The van der Waals surface area contributed by atoms with E-state index in [-0.39, 0.29) is 41.3 Å². The van der Waals surface area contributed by atoms with E-state index in [1.54, 1.807) is 0 Å². The first-order valence-electron chi connectivity index (χ1n) is 8.72. The number of carbonyl (C=O) groups is 1. The minimum atomic E-state index is -3.78. The highest BCUT2D eigenvalue weighted by molar-refractivity contribution is 7.89. The van der Waals surface area contributed by atoms with Crippen molar-refractivity contribution in [3.05, 3.63) is 23.2 Å². The number of benzene rings is 1. The Balaban J connectivity index is 2.06. The zero-order valence-corrected chi connectivity index (χ0v) is 16.4. The highest BCUT2D eigenvalue weighted by Gasteiger charge is 2.29. The summed E-state index contributed by atoms with van der Waals surface area (Å²) in [5.74, 6) is -0.171. The molecule has 2 rings (SSSR count). The van der Waals surface area contributed by atoms with Gasteiger partial charge in [0.2, 0.25) is 10.0 Å². The molecule has 0 aromatic heterocycles. The van der Waals surface area contributed by atoms with Crippen LogP contribution in [-0.4, -0.2) is 58.1 Å². The van der Waals surface area contributed by atoms with E-state index in [1.807, 2.05) is 0 Å². The number of unbranched alkanes of at least 4 members (excludes halogenated alkanes) is 2. The molecule has 1 amide bonds. The second-order valence-electron chi connectivity index (χ2n) is 5.95. The first kappa shape index (κ1) is 21.0. The third kappa shape index (κ3) is 5.84. The van der Waals surface area contributed by atoms with Crippen LogP contribution in [0.5, 0.6) is 5.75 Å². The third-order valence-electron chi connectivity index (χ3n) is 3.95. The van der Waals surface area contributed by atoms with E-state index in [9.17, 15) is 13.2 Å². The topological polar surface area (TPSA) is 84.9 Å². The summed E-state index contributed by atoms with van der Waals surface area (Å²) in [6.07, 6.45) is 3.01. The van der Waals surface area contributed by atoms with E-state index in [0.717, 1.165) is 19.3 Å². The zero-order chi connectivity index (χ0) is 19.0. The number of amides is 1. The van der Waals surface area contributed by atoms with Gasteiger partial charge in [0, 0.05) is 24.7 Å². The highest BCUT2D eigenvalue weighted by atomic mass is 35.5. The molecule has 0 spiro atoms. The molecule has 9 heteroatoms. The van der Waals surface area contributed by atoms with Crippen LogP contribution >= 0.6 is 11.6 Å². The molecule has 1 aliphatic rings. The third-order valence-corrected chi connectivity index (χ3v) is 6.11. The number of halogens is 1. The van der Waals surface area contributed by atoms with Gasteiger partial charge < -0.3 is 14.8 Å². The van der Waals surface area contributed by atoms with Crippen molar-refractivity contribution in [3.8, 4) is 5.75 Å². The number of nitrogens with one attached hydrogen (secondary N) is 1. The van der Waals surface area contributed by atoms with Crippen LogP contribution in [0.4, 0.5) is 0 Å². The number of nitrogens with zero attached hydrogens (tertiary/aromatic N) is 1. The van der Waals surface area contributed by atoms with E-state index < -0.39 is 10.0 Å². The SMILES string of the molecule is CCCCCNC(=O)COc1ccc(Cl)cc1S(=O)(=O)N1CCOCC1. The van der Waals surface area contributed by atoms with Crippen LogP contribution in [0.25, 0.3) is 0 Å². The van der Waals surface area contributed by atoms with E-state index in [4.69, 9.17) is 21.1 Å². The van der Waals surface area contributed by atoms with E-state index in [2.05, 4.69) is 12.2 Å². The largest absolute Gasteiger partial charge is 0.482 e. The average molecular weight is 405 g/mol. The van der Waals surface area contributed by atoms with Gasteiger partial charge in [-0.2, -0.15) is 4.31 Å². The Morgan fingerprint density at radius 1 is 1.31 bits per heavy atom. The molecule has 146 valence electrons. The number of sulfonamides is 1. The van der Waals surface area contributed by atoms with Gasteiger partial charge in [-0.25, -0.2) is 8.42 Å². The van der Waals surface area contributed by atoms with Crippen molar-refractivity contribution in [1.82, 2.24) is 9.62 Å². The number of morpholine rings is 1. The molecule has 1 aromatic carbocycles. The van der Waals surface area contributed by atoms with Gasteiger partial charge in [0.15, 0.2) is 6.61 Å². The van der Waals surface area contributed by atoms with Crippen molar-refractivity contribution in [2.75, 3.05) is 39.5 Å². The van der Waals surface area contributed by atoms with Crippen molar-refractivity contribution in [2.24, 2.45) is 0 Å². The summed E-state index contributed by atoms with van der Waals surface area (Å²) in [6, 6.07) is 4.36. The lowest BCUT2D eigenvalue weighted by Gasteiger charge is -2.26. The van der Waals surface area contributed by atoms with Crippen LogP contribution in [-0.2, 0) is 19.6 Å². The molecule has 1 fully saturated rings. The summed E-state index contributed by atoms with van der Waals surface area (Å²) in [6.45, 7) is 3.64. The predicted molar refractivity (Wildman–Crippen MR) is 99.1 cm³/mol. The van der Waals surface area contributed by atoms with Crippen LogP contribution in [0.15, 0.2) is 23.1 Å². The lowest BCUT2D eigenvalue weighted by molar-refractivity contribution is -0.123. The summed E-state index contributed by atoms with van der Waals surface area (Å²) < 4.78 is 37.8. The van der Waals surface area contributed by atoms with Crippen LogP contribution in [0, 0.1) is 0 Å². The molecular formula is C17H25ClN2O5S. The van der Waals surface area contributed by atoms with E-state index in [0.29, 0.717) is 19.8 Å². The minimum Gasteiger partial charge on any atom is -0.482 e. The highest BCUT2D eigenvalue weighted by Crippen LogP contribution is 2.30. The molecule has 7 nitrogen and oxygen atoms in total. The summed E-state index contributed by atoms with van der Waals surface area (Å²) in [5, 5.41) is 3.04. The number of ether oxygens (including phenoxy) is 2. The Labute approximate surface area is 159 Å². The van der Waals surface area contributed by atoms with Gasteiger partial charge in [-0.05, 0) is 24.6 Å². The smallest absolute Gasteiger partial charge is 0.257 e. The first-order chi connectivity index (χ1) is 12.4. The molecule has 0 unspecified atom stereocenters. The van der Waals surface area contributed by atoms with Gasteiger partial charge in [-0.15, -0.1) is 0 Å². The number of rotatable bonds is 9. The van der Waals surface area contributed by atoms with Gasteiger partial charge in [0.1, 0.15) is 10.6 Å². The van der Waals surface area contributed by atoms with Crippen molar-refractivity contribution >= 4 is 27.5 Å². The van der Waals surface area contributed by atoms with E-state index >= 15 is 0 Å². The monoisotopic (exact) mass is 404 g/mol. The fraction of sp³-hybridized carbons (Fsp3) is 0.588. The summed E-state index contributed by atoms with van der Waals surface area (Å²) in [7, 11) is -3.78. The quantitative estimate of drug-likeness (QED) is 0.636. The molecule has 1 heterocycles. The summed E-state index contributed by atoms with van der Waals surface area (Å²) >= 11 is 5.98. The normalized spacial score (nSPS) is 15.6. The molecule has 0 atom stereocenters. The Bertz CT molecular complexity index is 705. The molecule has 1 aromatic rings. The van der Waals surface area contributed by atoms with Crippen LogP contribution in [0.3, 0.4) is 0 Å². The Morgan fingerprint density at radius 2 is 2.04 bits per heavy atom. The standard InChI is InChI=1S/C17H25ClN2O5S/c1-2-3-4-7-19-17(21)13-25-15-6-5-14(18)12-16(15)26(22,23)20-8-10-24-11-9-20/h5-6,12H,2-4,7-11,13H2,1H3,(H,19,21). The maximum Gasteiger partial charge on any atom is 0.257 e. The number of hydrogen-bond donors (Lipinski definition) is 1. The van der Waals surface area contributed by atoms with Gasteiger partial charge in [0.25, 0.3) is 5.91 Å². The molecule has 0 aliphatic carbocycles. The Kier molecular flexibility index (Phi) is 8.15. The minimum absolute atomic E-state index is 0.0364. The molecule has 0 saturated carbocycles. The molecule has 0 radical (unpaired) electrons. The van der Waals surface area contributed by atoms with Crippen molar-refractivity contribution in [3.63, 3.8) is 0 Å². The molecule has 1 aliphatic heterocycles. The van der Waals surface area contributed by atoms with Crippen molar-refractivity contribution < 1.29 is 22.7 Å². The molecule has 1 saturated heterocycles. The average Bonchev–Trinajstić information content (AvgIpc) is 2.65. The van der Waals surface area contributed by atoms with Gasteiger partial charge in [0.05, 0.1) is 13.2 Å². The fourth-order valence-electron chi connectivity index (χ4n) is 2.53. The van der Waals surface area contributed by atoms with Crippen molar-refractivity contribution in [1.29, 1.82) is 0 Å². The number of carbonyl (C=O) groups excluding carboxylic acids is 1. The summed E-state index contributed by atoms with van der Waals surface area (Å²) in [5.41, 5.74) is 0. The summed E-state index contributed by atoms with van der Waals surface area (Å²) in [4.78, 5) is 11.8. The number of hydrogen-bond acceptors (Lipinski definition) is 5. The lowest BCUT2D eigenvalue weighted by Crippen LogP contribution is -2.40. The fourth-order valence-corrected chi connectivity index (χ4v) is 4.33. The Morgan fingerprint density at radius 3 is 2.73 bits per heavy atom. The van der Waals surface area contributed by atoms with Crippen LogP contribution < -0.4 is 10.1 Å². The molecule has 1 N–H and O–H groups in total. The van der Waals surface area contributed by atoms with Crippen LogP contribution in [0.1, 0.15) is 26.2 Å². The van der Waals surface area contributed by atoms with Gasteiger partial charge >= 0.3 is 0 Å². The van der Waals surface area contributed by atoms with Gasteiger partial charge in [-0.3, -0.25) is 4.79 Å². The Hall–Kier alpha value is -1.35. The maximum absolute atomic E-state index is 12.9. The predicted octanol–water partition coefficient (Wildman–Crippen LogP) is 2.05. The van der Waals surface area contributed by atoms with Crippen LogP contribution in [0.2, 0.25) is 5.02 Å². The second-order valence-corrected chi connectivity index (χ2v) is 8.30. The molecular weight excluding hydrogens is 380 g/mol. The zero-order valence-electron chi connectivity index (χ0n) is 14.9. The van der Waals surface area contributed by atoms with Gasteiger partial charge in [-0.1, -0.05) is 31.4 Å². The lowest BCUT2D eigenvalue weighted by atomic mass is 10.2.